The number of nitrogens with one attached hydrogen (secondary N) is 2. The van der Waals surface area contributed by atoms with Crippen molar-refractivity contribution in [3.8, 4) is 0 Å². The van der Waals surface area contributed by atoms with Gasteiger partial charge in [-0.15, -0.1) is 0 Å². The second kappa shape index (κ2) is 4.57. The van der Waals surface area contributed by atoms with Gasteiger partial charge in [0, 0.05) is 23.7 Å². The minimum atomic E-state index is -0.444. The molecule has 0 saturated heterocycles. The molecule has 1 atom stereocenters. The van der Waals surface area contributed by atoms with Crippen molar-refractivity contribution >= 4 is 11.6 Å². The van der Waals surface area contributed by atoms with E-state index in [0.717, 1.165) is 29.1 Å². The molecule has 6 heteroatoms. The number of nitrogens with zero attached hydrogens (tertiary/aromatic N) is 1. The Bertz CT molecular complexity index is 886. The molecular formula is C16H16ClN3O2. The van der Waals surface area contributed by atoms with Crippen molar-refractivity contribution in [3.63, 3.8) is 0 Å². The highest BCUT2D eigenvalue weighted by Gasteiger charge is 2.46. The van der Waals surface area contributed by atoms with Crippen molar-refractivity contribution in [2.45, 2.75) is 31.3 Å². The molecule has 0 bridgehead atoms. The second-order valence-corrected chi connectivity index (χ2v) is 6.61. The number of aromatic nitrogens is 2. The smallest absolute Gasteiger partial charge is 0.311 e. The highest BCUT2D eigenvalue weighted by molar-refractivity contribution is 6.31. The first-order chi connectivity index (χ1) is 10.5. The summed E-state index contributed by atoms with van der Waals surface area (Å²) in [6, 6.07) is 6.00. The van der Waals surface area contributed by atoms with Gasteiger partial charge >= 0.3 is 5.69 Å². The maximum absolute atomic E-state index is 12.0. The average Bonchev–Trinajstić information content (AvgIpc) is 2.82. The van der Waals surface area contributed by atoms with E-state index in [1.807, 2.05) is 19.2 Å². The Labute approximate surface area is 131 Å². The Morgan fingerprint density at radius 1 is 1.27 bits per heavy atom. The molecule has 1 aliphatic heterocycles. The Kier molecular flexibility index (Phi) is 2.86. The standard InChI is InChI=1S/C16H16ClN3O2/c1-20-8-10-12(18-15(22)19-14(10)21)7-16(20)6-5-9-3-2-4-11(17)13(9)16/h2-4H,5-8H2,1H3,(H2,18,19,21,22). The van der Waals surface area contributed by atoms with Crippen molar-refractivity contribution in [3.05, 3.63) is 66.4 Å². The van der Waals surface area contributed by atoms with Gasteiger partial charge in [-0.3, -0.25) is 14.7 Å². The van der Waals surface area contributed by atoms with Crippen LogP contribution < -0.4 is 11.2 Å². The highest BCUT2D eigenvalue weighted by Crippen LogP contribution is 2.48. The van der Waals surface area contributed by atoms with Crippen LogP contribution in [0.3, 0.4) is 0 Å². The predicted molar refractivity (Wildman–Crippen MR) is 84.3 cm³/mol. The molecule has 0 fully saturated rings. The molecule has 1 unspecified atom stereocenters. The molecule has 1 aliphatic carbocycles. The third-order valence-corrected chi connectivity index (χ3v) is 5.41. The number of rotatable bonds is 0. The first-order valence-electron chi connectivity index (χ1n) is 7.35. The van der Waals surface area contributed by atoms with Crippen molar-refractivity contribution < 1.29 is 0 Å². The monoisotopic (exact) mass is 317 g/mol. The summed E-state index contributed by atoms with van der Waals surface area (Å²) in [7, 11) is 2.02. The van der Waals surface area contributed by atoms with Crippen LogP contribution >= 0.6 is 11.6 Å². The summed E-state index contributed by atoms with van der Waals surface area (Å²) in [4.78, 5) is 30.9. The molecule has 2 aliphatic rings. The van der Waals surface area contributed by atoms with Gasteiger partial charge in [0.1, 0.15) is 0 Å². The van der Waals surface area contributed by atoms with Gasteiger partial charge in [0.05, 0.1) is 11.1 Å². The van der Waals surface area contributed by atoms with Gasteiger partial charge in [-0.1, -0.05) is 23.7 Å². The fourth-order valence-corrected chi connectivity index (χ4v) is 4.39. The van der Waals surface area contributed by atoms with Crippen LogP contribution in [0.2, 0.25) is 5.02 Å². The summed E-state index contributed by atoms with van der Waals surface area (Å²) >= 11 is 6.48. The number of aryl methyl sites for hydroxylation is 1. The topological polar surface area (TPSA) is 69.0 Å². The number of likely N-dealkylation sites (N-methyl/N-ethyl adjacent to an activating group) is 1. The molecule has 2 aromatic rings. The van der Waals surface area contributed by atoms with E-state index in [2.05, 4.69) is 20.9 Å². The van der Waals surface area contributed by atoms with E-state index in [0.29, 0.717) is 18.5 Å². The van der Waals surface area contributed by atoms with E-state index < -0.39 is 5.69 Å². The zero-order valence-electron chi connectivity index (χ0n) is 12.2. The maximum atomic E-state index is 12.0. The molecule has 5 nitrogen and oxygen atoms in total. The normalized spacial score (nSPS) is 23.5. The van der Waals surface area contributed by atoms with Gasteiger partial charge in [-0.05, 0) is 37.1 Å². The number of hydrogen-bond donors (Lipinski definition) is 2. The molecule has 4 rings (SSSR count). The van der Waals surface area contributed by atoms with Crippen LogP contribution in [0, 0.1) is 0 Å². The number of hydrogen-bond acceptors (Lipinski definition) is 3. The zero-order valence-corrected chi connectivity index (χ0v) is 13.0. The van der Waals surface area contributed by atoms with Crippen LogP contribution in [0.25, 0.3) is 0 Å². The predicted octanol–water partition coefficient (Wildman–Crippen LogP) is 1.55. The fraction of sp³-hybridized carbons (Fsp3) is 0.375. The van der Waals surface area contributed by atoms with Crippen LogP contribution in [-0.2, 0) is 24.9 Å². The lowest BCUT2D eigenvalue weighted by Crippen LogP contribution is -2.50. The Hall–Kier alpha value is -1.85. The van der Waals surface area contributed by atoms with E-state index in [-0.39, 0.29) is 11.1 Å². The number of H-pyrrole nitrogens is 2. The molecule has 2 heterocycles. The summed E-state index contributed by atoms with van der Waals surface area (Å²) in [6.07, 6.45) is 2.51. The number of aromatic amines is 2. The molecule has 0 amide bonds. The van der Waals surface area contributed by atoms with Gasteiger partial charge in [0.2, 0.25) is 0 Å². The van der Waals surface area contributed by atoms with Crippen molar-refractivity contribution in [1.29, 1.82) is 0 Å². The summed E-state index contributed by atoms with van der Waals surface area (Å²) in [6.45, 7) is 0.506. The molecule has 1 aromatic carbocycles. The third kappa shape index (κ3) is 1.76. The summed E-state index contributed by atoms with van der Waals surface area (Å²) in [5, 5.41) is 0.762. The van der Waals surface area contributed by atoms with Gasteiger partial charge in [0.25, 0.3) is 5.56 Å². The SMILES string of the molecule is CN1Cc2c([nH]c(=O)[nH]c2=O)CC12CCc1cccc(Cl)c12. The summed E-state index contributed by atoms with van der Waals surface area (Å²) < 4.78 is 0. The van der Waals surface area contributed by atoms with E-state index in [1.54, 1.807) is 0 Å². The second-order valence-electron chi connectivity index (χ2n) is 6.20. The van der Waals surface area contributed by atoms with Crippen molar-refractivity contribution in [2.75, 3.05) is 7.05 Å². The molecule has 114 valence electrons. The molecule has 1 aromatic heterocycles. The molecular weight excluding hydrogens is 302 g/mol. The largest absolute Gasteiger partial charge is 0.325 e. The quantitative estimate of drug-likeness (QED) is 0.774. The first-order valence-corrected chi connectivity index (χ1v) is 7.72. The zero-order chi connectivity index (χ0) is 15.5. The van der Waals surface area contributed by atoms with Gasteiger partial charge in [-0.2, -0.15) is 0 Å². The van der Waals surface area contributed by atoms with Crippen LogP contribution in [0.1, 0.15) is 28.8 Å². The Balaban J connectivity index is 1.93. The van der Waals surface area contributed by atoms with Crippen LogP contribution in [0.5, 0.6) is 0 Å². The van der Waals surface area contributed by atoms with E-state index in [9.17, 15) is 9.59 Å². The number of halogens is 1. The molecule has 2 N–H and O–H groups in total. The van der Waals surface area contributed by atoms with Crippen molar-refractivity contribution in [1.82, 2.24) is 14.9 Å². The van der Waals surface area contributed by atoms with E-state index in [4.69, 9.17) is 11.6 Å². The van der Waals surface area contributed by atoms with E-state index >= 15 is 0 Å². The minimum absolute atomic E-state index is 0.239. The molecule has 0 radical (unpaired) electrons. The Morgan fingerprint density at radius 3 is 2.91 bits per heavy atom. The van der Waals surface area contributed by atoms with Crippen LogP contribution in [0.4, 0.5) is 0 Å². The van der Waals surface area contributed by atoms with Crippen molar-refractivity contribution in [2.24, 2.45) is 0 Å². The van der Waals surface area contributed by atoms with Gasteiger partial charge in [-0.25, -0.2) is 4.79 Å². The highest BCUT2D eigenvalue weighted by atomic mass is 35.5. The van der Waals surface area contributed by atoms with E-state index in [1.165, 1.54) is 5.56 Å². The molecule has 1 spiro atoms. The third-order valence-electron chi connectivity index (χ3n) is 5.10. The number of fused-ring (bicyclic) bond motifs is 3. The number of benzene rings is 1. The maximum Gasteiger partial charge on any atom is 0.325 e. The van der Waals surface area contributed by atoms with Gasteiger partial charge in [0.15, 0.2) is 0 Å². The summed E-state index contributed by atoms with van der Waals surface area (Å²) in [5.74, 6) is 0. The van der Waals surface area contributed by atoms with Gasteiger partial charge < -0.3 is 4.98 Å². The lowest BCUT2D eigenvalue weighted by Gasteiger charge is -2.44. The molecule has 0 saturated carbocycles. The average molecular weight is 318 g/mol. The van der Waals surface area contributed by atoms with Crippen LogP contribution in [-0.4, -0.2) is 21.9 Å². The fourth-order valence-electron chi connectivity index (χ4n) is 4.02. The van der Waals surface area contributed by atoms with Crippen LogP contribution in [0.15, 0.2) is 27.8 Å². The lowest BCUT2D eigenvalue weighted by atomic mass is 9.81. The Morgan fingerprint density at radius 2 is 2.09 bits per heavy atom. The first kappa shape index (κ1) is 13.8. The minimum Gasteiger partial charge on any atom is -0.311 e. The molecule has 22 heavy (non-hydrogen) atoms. The summed E-state index contributed by atoms with van der Waals surface area (Å²) in [5.41, 5.74) is 2.81. The lowest BCUT2D eigenvalue weighted by molar-refractivity contribution is 0.0922.